The highest BCUT2D eigenvalue weighted by molar-refractivity contribution is 5.33. The van der Waals surface area contributed by atoms with E-state index < -0.39 is 0 Å². The van der Waals surface area contributed by atoms with Gasteiger partial charge in [-0.2, -0.15) is 0 Å². The molecule has 1 saturated heterocycles. The molecule has 1 N–H and O–H groups in total. The molecule has 0 amide bonds. The van der Waals surface area contributed by atoms with Gasteiger partial charge in [0.1, 0.15) is 0 Å². The summed E-state index contributed by atoms with van der Waals surface area (Å²) in [5.74, 6) is 0.0554. The number of halogens is 1. The second-order valence-electron chi connectivity index (χ2n) is 5.54. The van der Waals surface area contributed by atoms with Crippen LogP contribution in [0.4, 0.5) is 4.39 Å². The number of hydrogen-bond donors (Lipinski definition) is 1. The maximum Gasteiger partial charge on any atom is 0.169 e. The van der Waals surface area contributed by atoms with Crippen molar-refractivity contribution in [3.8, 4) is 5.75 Å². The molecule has 1 aromatic carbocycles. The van der Waals surface area contributed by atoms with Crippen molar-refractivity contribution in [1.29, 1.82) is 0 Å². The SMILES string of the molecule is CCNC(CCC1CCCCO1)c1cccc(OC)c1F. The van der Waals surface area contributed by atoms with E-state index in [0.29, 0.717) is 17.4 Å². The first-order valence-electron chi connectivity index (χ1n) is 7.93. The quantitative estimate of drug-likeness (QED) is 0.829. The third-order valence-electron chi connectivity index (χ3n) is 4.09. The van der Waals surface area contributed by atoms with E-state index in [2.05, 4.69) is 5.32 Å². The maximum absolute atomic E-state index is 14.4. The second-order valence-corrected chi connectivity index (χ2v) is 5.54. The van der Waals surface area contributed by atoms with E-state index in [0.717, 1.165) is 38.8 Å². The van der Waals surface area contributed by atoms with Crippen LogP contribution in [0.15, 0.2) is 18.2 Å². The number of hydrogen-bond acceptors (Lipinski definition) is 3. The topological polar surface area (TPSA) is 30.5 Å². The Labute approximate surface area is 126 Å². The molecule has 2 rings (SSSR count). The molecular weight excluding hydrogens is 269 g/mol. The first-order valence-corrected chi connectivity index (χ1v) is 7.93. The van der Waals surface area contributed by atoms with E-state index in [-0.39, 0.29) is 11.9 Å². The zero-order valence-electron chi connectivity index (χ0n) is 13.0. The van der Waals surface area contributed by atoms with Gasteiger partial charge in [0, 0.05) is 18.2 Å². The number of rotatable bonds is 7. The highest BCUT2D eigenvalue weighted by atomic mass is 19.1. The summed E-state index contributed by atoms with van der Waals surface area (Å²) in [5, 5.41) is 3.38. The van der Waals surface area contributed by atoms with Gasteiger partial charge in [0.25, 0.3) is 0 Å². The van der Waals surface area contributed by atoms with Crippen molar-refractivity contribution in [2.45, 2.75) is 51.2 Å². The number of benzene rings is 1. The Kier molecular flexibility index (Phi) is 6.46. The van der Waals surface area contributed by atoms with E-state index in [1.54, 1.807) is 6.07 Å². The van der Waals surface area contributed by atoms with Crippen molar-refractivity contribution < 1.29 is 13.9 Å². The molecule has 0 spiro atoms. The molecule has 2 atom stereocenters. The van der Waals surface area contributed by atoms with Crippen LogP contribution >= 0.6 is 0 Å². The van der Waals surface area contributed by atoms with Crippen molar-refractivity contribution in [1.82, 2.24) is 5.32 Å². The van der Waals surface area contributed by atoms with Gasteiger partial charge in [-0.05, 0) is 44.7 Å². The van der Waals surface area contributed by atoms with Gasteiger partial charge in [-0.25, -0.2) is 4.39 Å². The molecule has 0 aromatic heterocycles. The summed E-state index contributed by atoms with van der Waals surface area (Å²) in [4.78, 5) is 0. The zero-order chi connectivity index (χ0) is 15.1. The molecule has 2 unspecified atom stereocenters. The molecule has 1 heterocycles. The van der Waals surface area contributed by atoms with Crippen LogP contribution in [0, 0.1) is 5.82 Å². The summed E-state index contributed by atoms with van der Waals surface area (Å²) >= 11 is 0. The average molecular weight is 295 g/mol. The standard InChI is InChI=1S/C17H26FNO2/c1-3-19-15(11-10-13-7-4-5-12-21-13)14-8-6-9-16(20-2)17(14)18/h6,8-9,13,15,19H,3-5,7,10-12H2,1-2H3. The Morgan fingerprint density at radius 3 is 2.95 bits per heavy atom. The van der Waals surface area contributed by atoms with E-state index >= 15 is 0 Å². The molecular formula is C17H26FNO2. The molecule has 1 fully saturated rings. The summed E-state index contributed by atoms with van der Waals surface area (Å²) in [6.07, 6.45) is 5.70. The molecule has 0 bridgehead atoms. The molecule has 0 saturated carbocycles. The van der Waals surface area contributed by atoms with Crippen LogP contribution in [0.25, 0.3) is 0 Å². The fourth-order valence-corrected chi connectivity index (χ4v) is 2.96. The number of methoxy groups -OCH3 is 1. The summed E-state index contributed by atoms with van der Waals surface area (Å²) in [6.45, 7) is 3.72. The minimum atomic E-state index is -0.254. The summed E-state index contributed by atoms with van der Waals surface area (Å²) < 4.78 is 25.3. The van der Waals surface area contributed by atoms with Gasteiger partial charge in [-0.15, -0.1) is 0 Å². The largest absolute Gasteiger partial charge is 0.494 e. The molecule has 1 aliphatic heterocycles. The van der Waals surface area contributed by atoms with Gasteiger partial charge in [0.05, 0.1) is 13.2 Å². The first kappa shape index (κ1) is 16.2. The number of ether oxygens (including phenoxy) is 2. The zero-order valence-corrected chi connectivity index (χ0v) is 13.0. The lowest BCUT2D eigenvalue weighted by Gasteiger charge is -2.26. The van der Waals surface area contributed by atoms with Crippen LogP contribution in [-0.4, -0.2) is 26.4 Å². The Bertz CT molecular complexity index is 433. The van der Waals surface area contributed by atoms with Crippen LogP contribution in [0.5, 0.6) is 5.75 Å². The van der Waals surface area contributed by atoms with Crippen molar-refractivity contribution in [2.75, 3.05) is 20.3 Å². The average Bonchev–Trinajstić information content (AvgIpc) is 2.53. The van der Waals surface area contributed by atoms with E-state index in [9.17, 15) is 4.39 Å². The molecule has 118 valence electrons. The fraction of sp³-hybridized carbons (Fsp3) is 0.647. The second kappa shape index (κ2) is 8.35. The van der Waals surface area contributed by atoms with E-state index in [1.165, 1.54) is 13.5 Å². The Hall–Kier alpha value is -1.13. The van der Waals surface area contributed by atoms with Crippen molar-refractivity contribution in [2.24, 2.45) is 0 Å². The Morgan fingerprint density at radius 2 is 2.29 bits per heavy atom. The third kappa shape index (κ3) is 4.42. The van der Waals surface area contributed by atoms with E-state index in [1.807, 2.05) is 19.1 Å². The predicted molar refractivity (Wildman–Crippen MR) is 82.2 cm³/mol. The molecule has 1 aromatic rings. The summed E-state index contributed by atoms with van der Waals surface area (Å²) in [7, 11) is 1.50. The highest BCUT2D eigenvalue weighted by Crippen LogP contribution is 2.29. The van der Waals surface area contributed by atoms with E-state index in [4.69, 9.17) is 9.47 Å². The smallest absolute Gasteiger partial charge is 0.169 e. The third-order valence-corrected chi connectivity index (χ3v) is 4.09. The van der Waals surface area contributed by atoms with Crippen molar-refractivity contribution in [3.63, 3.8) is 0 Å². The minimum Gasteiger partial charge on any atom is -0.494 e. The lowest BCUT2D eigenvalue weighted by molar-refractivity contribution is 0.00850. The predicted octanol–water partition coefficient (Wildman–Crippen LogP) is 3.83. The number of nitrogens with one attached hydrogen (secondary N) is 1. The van der Waals surface area contributed by atoms with Gasteiger partial charge >= 0.3 is 0 Å². The van der Waals surface area contributed by atoms with Gasteiger partial charge in [0.15, 0.2) is 11.6 Å². The van der Waals surface area contributed by atoms with Gasteiger partial charge in [-0.3, -0.25) is 0 Å². The minimum absolute atomic E-state index is 0.00984. The maximum atomic E-state index is 14.4. The van der Waals surface area contributed by atoms with Crippen LogP contribution in [-0.2, 0) is 4.74 Å². The molecule has 1 aliphatic rings. The lowest BCUT2D eigenvalue weighted by Crippen LogP contribution is -2.25. The summed E-state index contributed by atoms with van der Waals surface area (Å²) in [5.41, 5.74) is 0.687. The first-order chi connectivity index (χ1) is 10.3. The summed E-state index contributed by atoms with van der Waals surface area (Å²) in [6, 6.07) is 5.35. The van der Waals surface area contributed by atoms with Crippen LogP contribution < -0.4 is 10.1 Å². The monoisotopic (exact) mass is 295 g/mol. The van der Waals surface area contributed by atoms with Crippen LogP contribution in [0.2, 0.25) is 0 Å². The molecule has 3 nitrogen and oxygen atoms in total. The Balaban J connectivity index is 2.03. The van der Waals surface area contributed by atoms with Crippen LogP contribution in [0.1, 0.15) is 50.6 Å². The fourth-order valence-electron chi connectivity index (χ4n) is 2.96. The van der Waals surface area contributed by atoms with Crippen molar-refractivity contribution in [3.05, 3.63) is 29.6 Å². The normalized spacial score (nSPS) is 20.2. The molecule has 0 aliphatic carbocycles. The molecule has 4 heteroatoms. The van der Waals surface area contributed by atoms with Crippen LogP contribution in [0.3, 0.4) is 0 Å². The lowest BCUT2D eigenvalue weighted by atomic mass is 9.96. The molecule has 0 radical (unpaired) electrons. The van der Waals surface area contributed by atoms with Gasteiger partial charge in [-0.1, -0.05) is 19.1 Å². The Morgan fingerprint density at radius 1 is 1.43 bits per heavy atom. The van der Waals surface area contributed by atoms with Crippen molar-refractivity contribution >= 4 is 0 Å². The highest BCUT2D eigenvalue weighted by Gasteiger charge is 2.20. The van der Waals surface area contributed by atoms with Gasteiger partial charge in [0.2, 0.25) is 0 Å². The molecule has 21 heavy (non-hydrogen) atoms. The van der Waals surface area contributed by atoms with Gasteiger partial charge < -0.3 is 14.8 Å².